The second-order valence-electron chi connectivity index (χ2n) is 5.37. The van der Waals surface area contributed by atoms with Crippen LogP contribution in [-0.4, -0.2) is 26.4 Å². The molecule has 2 aromatic rings. The maximum Gasteiger partial charge on any atom is 0.111 e. The molecule has 20 heavy (non-hydrogen) atoms. The minimum atomic E-state index is 0.602. The van der Waals surface area contributed by atoms with Crippen molar-refractivity contribution in [3.05, 3.63) is 30.1 Å². The number of aryl methyl sites for hydroxylation is 1. The number of imidazole rings is 1. The van der Waals surface area contributed by atoms with Crippen LogP contribution in [-0.2, 0) is 6.42 Å². The first kappa shape index (κ1) is 14.3. The van der Waals surface area contributed by atoms with Gasteiger partial charge in [-0.05, 0) is 37.1 Å². The van der Waals surface area contributed by atoms with Crippen LogP contribution in [0, 0.1) is 0 Å². The maximum absolute atomic E-state index is 5.96. The molecule has 2 atom stereocenters. The highest BCUT2D eigenvalue weighted by molar-refractivity contribution is 7.99. The number of rotatable bonds is 5. The van der Waals surface area contributed by atoms with E-state index in [1.165, 1.54) is 30.5 Å². The van der Waals surface area contributed by atoms with Gasteiger partial charge in [0.1, 0.15) is 5.82 Å². The normalized spacial score (nSPS) is 22.7. The molecule has 2 unspecified atom stereocenters. The van der Waals surface area contributed by atoms with Gasteiger partial charge in [0.05, 0.1) is 11.0 Å². The van der Waals surface area contributed by atoms with Crippen LogP contribution in [0.5, 0.6) is 0 Å². The third-order valence-electron chi connectivity index (χ3n) is 4.11. The summed E-state index contributed by atoms with van der Waals surface area (Å²) < 4.78 is 2.47. The molecular formula is C16H21ClN2S. The fourth-order valence-corrected chi connectivity index (χ4v) is 4.60. The third-order valence-corrected chi connectivity index (χ3v) is 5.53. The van der Waals surface area contributed by atoms with Crippen LogP contribution in [0.15, 0.2) is 24.3 Å². The number of aromatic nitrogens is 2. The Kier molecular flexibility index (Phi) is 4.57. The summed E-state index contributed by atoms with van der Waals surface area (Å²) >= 11 is 8.07. The summed E-state index contributed by atoms with van der Waals surface area (Å²) in [6.45, 7) is 2.25. The lowest BCUT2D eigenvalue weighted by Gasteiger charge is -2.17. The number of alkyl halides is 1. The van der Waals surface area contributed by atoms with Gasteiger partial charge < -0.3 is 4.57 Å². The van der Waals surface area contributed by atoms with Gasteiger partial charge in [0, 0.05) is 23.6 Å². The maximum atomic E-state index is 5.96. The van der Waals surface area contributed by atoms with Crippen molar-refractivity contribution in [3.63, 3.8) is 0 Å². The SMILES string of the molecule is CCSC1CCC(n2c(CCCl)nc3ccccc32)C1. The Hall–Kier alpha value is -0.670. The molecule has 0 saturated heterocycles. The molecule has 1 aliphatic rings. The van der Waals surface area contributed by atoms with Crippen molar-refractivity contribution in [1.29, 1.82) is 0 Å². The van der Waals surface area contributed by atoms with E-state index in [0.29, 0.717) is 11.9 Å². The Labute approximate surface area is 129 Å². The van der Waals surface area contributed by atoms with Gasteiger partial charge in [-0.3, -0.25) is 0 Å². The Morgan fingerprint density at radius 3 is 3.00 bits per heavy atom. The van der Waals surface area contributed by atoms with Gasteiger partial charge in [-0.1, -0.05) is 19.1 Å². The number of thioether (sulfide) groups is 1. The molecule has 0 aliphatic heterocycles. The molecule has 0 bridgehead atoms. The van der Waals surface area contributed by atoms with E-state index in [1.54, 1.807) is 0 Å². The van der Waals surface area contributed by atoms with Gasteiger partial charge >= 0.3 is 0 Å². The fraction of sp³-hybridized carbons (Fsp3) is 0.562. The van der Waals surface area contributed by atoms with E-state index in [2.05, 4.69) is 47.5 Å². The summed E-state index contributed by atoms with van der Waals surface area (Å²) in [6.07, 6.45) is 4.73. The molecular weight excluding hydrogens is 288 g/mol. The topological polar surface area (TPSA) is 17.8 Å². The summed E-state index contributed by atoms with van der Waals surface area (Å²) in [7, 11) is 0. The molecule has 1 aromatic carbocycles. The number of hydrogen-bond acceptors (Lipinski definition) is 2. The zero-order valence-electron chi connectivity index (χ0n) is 11.9. The van der Waals surface area contributed by atoms with Gasteiger partial charge in [0.25, 0.3) is 0 Å². The summed E-state index contributed by atoms with van der Waals surface area (Å²) in [5.41, 5.74) is 2.39. The first-order valence-corrected chi connectivity index (χ1v) is 9.05. The smallest absolute Gasteiger partial charge is 0.111 e. The molecule has 1 aromatic heterocycles. The largest absolute Gasteiger partial charge is 0.325 e. The average molecular weight is 309 g/mol. The lowest BCUT2D eigenvalue weighted by Crippen LogP contribution is -2.11. The van der Waals surface area contributed by atoms with Crippen molar-refractivity contribution in [2.75, 3.05) is 11.6 Å². The first-order chi connectivity index (χ1) is 9.83. The van der Waals surface area contributed by atoms with Crippen LogP contribution in [0.25, 0.3) is 11.0 Å². The first-order valence-electron chi connectivity index (χ1n) is 7.47. The molecule has 1 heterocycles. The molecule has 0 spiro atoms. The highest BCUT2D eigenvalue weighted by Gasteiger charge is 2.28. The van der Waals surface area contributed by atoms with E-state index in [4.69, 9.17) is 16.6 Å². The number of fused-ring (bicyclic) bond motifs is 1. The molecule has 108 valence electrons. The molecule has 1 saturated carbocycles. The van der Waals surface area contributed by atoms with E-state index < -0.39 is 0 Å². The average Bonchev–Trinajstić information content (AvgIpc) is 3.03. The summed E-state index contributed by atoms with van der Waals surface area (Å²) in [5.74, 6) is 3.02. The van der Waals surface area contributed by atoms with Crippen molar-refractivity contribution >= 4 is 34.4 Å². The quantitative estimate of drug-likeness (QED) is 0.747. The minimum absolute atomic E-state index is 0.602. The van der Waals surface area contributed by atoms with Gasteiger partial charge in [-0.15, -0.1) is 11.6 Å². The molecule has 1 aliphatic carbocycles. The summed E-state index contributed by atoms with van der Waals surface area (Å²) in [6, 6.07) is 9.08. The Bertz CT molecular complexity index is 581. The van der Waals surface area contributed by atoms with Gasteiger partial charge in [0.15, 0.2) is 0 Å². The molecule has 2 nitrogen and oxygen atoms in total. The predicted molar refractivity (Wildman–Crippen MR) is 89.0 cm³/mol. The molecule has 0 radical (unpaired) electrons. The number of nitrogens with zero attached hydrogens (tertiary/aromatic N) is 2. The minimum Gasteiger partial charge on any atom is -0.325 e. The van der Waals surface area contributed by atoms with E-state index >= 15 is 0 Å². The highest BCUT2D eigenvalue weighted by atomic mass is 35.5. The molecule has 3 rings (SSSR count). The lowest BCUT2D eigenvalue weighted by molar-refractivity contribution is 0.514. The summed E-state index contributed by atoms with van der Waals surface area (Å²) in [4.78, 5) is 4.79. The second kappa shape index (κ2) is 6.40. The van der Waals surface area contributed by atoms with E-state index in [0.717, 1.165) is 23.0 Å². The number of halogens is 1. The van der Waals surface area contributed by atoms with Crippen LogP contribution >= 0.6 is 23.4 Å². The molecule has 4 heteroatoms. The van der Waals surface area contributed by atoms with Gasteiger partial charge in [-0.25, -0.2) is 4.98 Å². The van der Waals surface area contributed by atoms with Gasteiger partial charge in [-0.2, -0.15) is 11.8 Å². The van der Waals surface area contributed by atoms with Crippen LogP contribution in [0.4, 0.5) is 0 Å². The van der Waals surface area contributed by atoms with Crippen molar-refractivity contribution in [1.82, 2.24) is 9.55 Å². The van der Waals surface area contributed by atoms with E-state index in [-0.39, 0.29) is 0 Å². The van der Waals surface area contributed by atoms with Crippen LogP contribution in [0.1, 0.15) is 38.1 Å². The molecule has 0 N–H and O–H groups in total. The summed E-state index contributed by atoms with van der Waals surface area (Å²) in [5, 5.41) is 0.815. The van der Waals surface area contributed by atoms with E-state index in [9.17, 15) is 0 Å². The number of benzene rings is 1. The van der Waals surface area contributed by atoms with Crippen molar-refractivity contribution in [2.24, 2.45) is 0 Å². The Morgan fingerprint density at radius 2 is 2.20 bits per heavy atom. The predicted octanol–water partition coefficient (Wildman–Crippen LogP) is 4.66. The molecule has 0 amide bonds. The zero-order chi connectivity index (χ0) is 13.9. The second-order valence-corrected chi connectivity index (χ2v) is 7.33. The van der Waals surface area contributed by atoms with Crippen LogP contribution < -0.4 is 0 Å². The van der Waals surface area contributed by atoms with Crippen molar-refractivity contribution < 1.29 is 0 Å². The standard InChI is InChI=1S/C16H21ClN2S/c1-2-20-13-8-7-12(11-13)19-15-6-4-3-5-14(15)18-16(19)9-10-17/h3-6,12-13H,2,7-11H2,1H3. The van der Waals surface area contributed by atoms with E-state index in [1.807, 2.05) is 0 Å². The van der Waals surface area contributed by atoms with Crippen LogP contribution in [0.2, 0.25) is 0 Å². The fourth-order valence-electron chi connectivity index (χ4n) is 3.30. The monoisotopic (exact) mass is 308 g/mol. The van der Waals surface area contributed by atoms with Crippen molar-refractivity contribution in [2.45, 2.75) is 43.9 Å². The molecule has 1 fully saturated rings. The highest BCUT2D eigenvalue weighted by Crippen LogP contribution is 2.39. The van der Waals surface area contributed by atoms with Crippen molar-refractivity contribution in [3.8, 4) is 0 Å². The van der Waals surface area contributed by atoms with Gasteiger partial charge in [0.2, 0.25) is 0 Å². The number of para-hydroxylation sites is 2. The van der Waals surface area contributed by atoms with Crippen LogP contribution in [0.3, 0.4) is 0 Å². The zero-order valence-corrected chi connectivity index (χ0v) is 13.5. The Morgan fingerprint density at radius 1 is 1.35 bits per heavy atom. The Balaban J connectivity index is 1.95. The number of hydrogen-bond donors (Lipinski definition) is 0. The third kappa shape index (κ3) is 2.71. The lowest BCUT2D eigenvalue weighted by atomic mass is 10.2.